The zero-order valence-electron chi connectivity index (χ0n) is 21.8. The van der Waals surface area contributed by atoms with E-state index in [0.29, 0.717) is 49.7 Å². The molecule has 0 bridgehead atoms. The number of methoxy groups -OCH3 is 1. The molecule has 14 heteroatoms. The van der Waals surface area contributed by atoms with Gasteiger partial charge in [0.25, 0.3) is 0 Å². The van der Waals surface area contributed by atoms with Crippen molar-refractivity contribution in [3.63, 3.8) is 0 Å². The molecule has 0 radical (unpaired) electrons. The number of nitrogens with zero attached hydrogens (tertiary/aromatic N) is 1. The number of piperidine rings is 1. The SMILES string of the molecule is CNS(=O)(=O)c1cccc(OC[C@@H](O)CNC2COC3(CCN(S(=O)(=O)c4cc(Cl)ccc4OC)CC3)C2)c1. The van der Waals surface area contributed by atoms with Crippen molar-refractivity contribution < 1.29 is 36.2 Å². The highest BCUT2D eigenvalue weighted by Gasteiger charge is 2.45. The summed E-state index contributed by atoms with van der Waals surface area (Å²) in [5.74, 6) is 0.588. The number of aliphatic hydroxyl groups excluding tert-OH is 1. The molecule has 39 heavy (non-hydrogen) atoms. The molecule has 3 N–H and O–H groups in total. The average molecular weight is 604 g/mol. The van der Waals surface area contributed by atoms with E-state index in [1.54, 1.807) is 24.3 Å². The Kier molecular flexibility index (Phi) is 9.44. The van der Waals surface area contributed by atoms with E-state index in [2.05, 4.69) is 10.0 Å². The average Bonchev–Trinajstić information content (AvgIpc) is 3.33. The maximum Gasteiger partial charge on any atom is 0.246 e. The van der Waals surface area contributed by atoms with Gasteiger partial charge in [0.05, 0.1) is 24.2 Å². The fraction of sp³-hybridized carbons (Fsp3) is 0.520. The van der Waals surface area contributed by atoms with Crippen molar-refractivity contribution in [1.82, 2.24) is 14.3 Å². The zero-order chi connectivity index (χ0) is 28.3. The first kappa shape index (κ1) is 30.0. The van der Waals surface area contributed by atoms with Crippen LogP contribution in [0.4, 0.5) is 0 Å². The minimum atomic E-state index is -3.78. The maximum absolute atomic E-state index is 13.3. The van der Waals surface area contributed by atoms with Gasteiger partial charge in [-0.05, 0) is 56.6 Å². The van der Waals surface area contributed by atoms with Crippen LogP contribution in [0.15, 0.2) is 52.3 Å². The lowest BCUT2D eigenvalue weighted by Gasteiger charge is -2.38. The Hall–Kier alpha value is -1.97. The molecule has 11 nitrogen and oxygen atoms in total. The maximum atomic E-state index is 13.3. The van der Waals surface area contributed by atoms with Crippen LogP contribution in [0.5, 0.6) is 11.5 Å². The standard InChI is InChI=1S/C25H34ClN3O8S2/c1-27-38(31,32)22-5-3-4-21(13-22)36-17-20(30)15-28-19-14-25(37-16-19)8-10-29(11-9-25)39(33,34)24-12-18(26)6-7-23(24)35-2/h3-7,12-13,19-20,27-28,30H,8-11,14-17H2,1-2H3/t19?,20-/m0/s1. The Morgan fingerprint density at radius 1 is 1.18 bits per heavy atom. The Balaban J connectivity index is 1.25. The van der Waals surface area contributed by atoms with Crippen molar-refractivity contribution in [1.29, 1.82) is 0 Å². The highest BCUT2D eigenvalue weighted by Crippen LogP contribution is 2.38. The summed E-state index contributed by atoms with van der Waals surface area (Å²) in [4.78, 5) is 0.126. The van der Waals surface area contributed by atoms with Crippen LogP contribution in [0, 0.1) is 0 Å². The summed E-state index contributed by atoms with van der Waals surface area (Å²) in [6, 6.07) is 10.6. The normalized spacial score (nSPS) is 20.7. The van der Waals surface area contributed by atoms with Gasteiger partial charge in [0.15, 0.2) is 0 Å². The monoisotopic (exact) mass is 603 g/mol. The first-order valence-electron chi connectivity index (χ1n) is 12.5. The molecular formula is C25H34ClN3O8S2. The molecule has 0 amide bonds. The fourth-order valence-corrected chi connectivity index (χ4v) is 7.48. The molecule has 2 aromatic carbocycles. The molecule has 1 unspecified atom stereocenters. The third kappa shape index (κ3) is 7.03. The Labute approximate surface area is 234 Å². The van der Waals surface area contributed by atoms with Gasteiger partial charge in [0.2, 0.25) is 20.0 Å². The Morgan fingerprint density at radius 3 is 2.62 bits per heavy atom. The van der Waals surface area contributed by atoms with E-state index in [1.807, 2.05) is 0 Å². The number of rotatable bonds is 11. The molecule has 216 valence electrons. The summed E-state index contributed by atoms with van der Waals surface area (Å²) in [6.45, 7) is 1.31. The van der Waals surface area contributed by atoms with Crippen LogP contribution in [0.25, 0.3) is 0 Å². The lowest BCUT2D eigenvalue weighted by atomic mass is 9.88. The summed E-state index contributed by atoms with van der Waals surface area (Å²) in [5, 5.41) is 14.0. The quantitative estimate of drug-likeness (QED) is 0.349. The van der Waals surface area contributed by atoms with Crippen LogP contribution in [0.1, 0.15) is 19.3 Å². The van der Waals surface area contributed by atoms with Crippen LogP contribution in [-0.4, -0.2) is 91.0 Å². The third-order valence-electron chi connectivity index (χ3n) is 7.06. The van der Waals surface area contributed by atoms with Crippen molar-refractivity contribution in [2.45, 2.75) is 46.8 Å². The molecule has 4 rings (SSSR count). The molecule has 0 aliphatic carbocycles. The molecule has 0 saturated carbocycles. The Morgan fingerprint density at radius 2 is 1.92 bits per heavy atom. The van der Waals surface area contributed by atoms with E-state index in [4.69, 9.17) is 25.8 Å². The predicted octanol–water partition coefficient (Wildman–Crippen LogP) is 1.60. The van der Waals surface area contributed by atoms with Gasteiger partial charge in [-0.25, -0.2) is 21.6 Å². The van der Waals surface area contributed by atoms with Gasteiger partial charge in [-0.1, -0.05) is 17.7 Å². The van der Waals surface area contributed by atoms with Crippen LogP contribution < -0.4 is 19.5 Å². The largest absolute Gasteiger partial charge is 0.495 e. The Bertz CT molecular complexity index is 1370. The minimum Gasteiger partial charge on any atom is -0.495 e. The summed E-state index contributed by atoms with van der Waals surface area (Å²) in [6.07, 6.45) is 0.958. The minimum absolute atomic E-state index is 0.0000643. The van der Waals surface area contributed by atoms with Gasteiger partial charge < -0.3 is 24.6 Å². The van der Waals surface area contributed by atoms with E-state index in [0.717, 1.165) is 0 Å². The van der Waals surface area contributed by atoms with Gasteiger partial charge in [-0.2, -0.15) is 4.31 Å². The number of hydrogen-bond donors (Lipinski definition) is 3. The molecule has 2 fully saturated rings. The molecule has 0 aromatic heterocycles. The number of aliphatic hydroxyl groups is 1. The van der Waals surface area contributed by atoms with Crippen LogP contribution in [-0.2, 0) is 24.8 Å². The van der Waals surface area contributed by atoms with Crippen LogP contribution in [0.3, 0.4) is 0 Å². The summed E-state index contributed by atoms with van der Waals surface area (Å²) < 4.78 is 71.1. The fourth-order valence-electron chi connectivity index (χ4n) is 4.85. The van der Waals surface area contributed by atoms with Gasteiger partial charge in [-0.15, -0.1) is 0 Å². The molecular weight excluding hydrogens is 570 g/mol. The van der Waals surface area contributed by atoms with Gasteiger partial charge in [0, 0.05) is 36.8 Å². The molecule has 2 aliphatic heterocycles. The lowest BCUT2D eigenvalue weighted by Crippen LogP contribution is -2.47. The van der Waals surface area contributed by atoms with E-state index in [1.165, 1.54) is 36.7 Å². The second-order valence-electron chi connectivity index (χ2n) is 9.65. The van der Waals surface area contributed by atoms with Crippen molar-refractivity contribution in [3.05, 3.63) is 47.5 Å². The summed E-state index contributed by atoms with van der Waals surface area (Å²) in [5.41, 5.74) is -0.428. The van der Waals surface area contributed by atoms with Gasteiger partial charge in [-0.3, -0.25) is 0 Å². The molecule has 2 aliphatic rings. The molecule has 2 heterocycles. The van der Waals surface area contributed by atoms with Crippen LogP contribution in [0.2, 0.25) is 5.02 Å². The highest BCUT2D eigenvalue weighted by molar-refractivity contribution is 7.89. The zero-order valence-corrected chi connectivity index (χ0v) is 24.2. The number of ether oxygens (including phenoxy) is 3. The second kappa shape index (κ2) is 12.3. The smallest absolute Gasteiger partial charge is 0.246 e. The van der Waals surface area contributed by atoms with E-state index in [9.17, 15) is 21.9 Å². The third-order valence-corrected chi connectivity index (χ3v) is 10.6. The number of benzene rings is 2. The molecule has 2 aromatic rings. The molecule has 1 spiro atoms. The molecule has 2 atom stereocenters. The van der Waals surface area contributed by atoms with E-state index >= 15 is 0 Å². The number of hydrogen-bond acceptors (Lipinski definition) is 9. The second-order valence-corrected chi connectivity index (χ2v) is 13.9. The van der Waals surface area contributed by atoms with Gasteiger partial charge >= 0.3 is 0 Å². The number of halogens is 1. The van der Waals surface area contributed by atoms with Crippen molar-refractivity contribution in [3.8, 4) is 11.5 Å². The van der Waals surface area contributed by atoms with E-state index in [-0.39, 0.29) is 34.7 Å². The predicted molar refractivity (Wildman–Crippen MR) is 145 cm³/mol. The highest BCUT2D eigenvalue weighted by atomic mass is 35.5. The van der Waals surface area contributed by atoms with Crippen molar-refractivity contribution in [2.24, 2.45) is 0 Å². The van der Waals surface area contributed by atoms with Crippen LogP contribution >= 0.6 is 11.6 Å². The van der Waals surface area contributed by atoms with Crippen molar-refractivity contribution in [2.75, 3.05) is 47.0 Å². The number of nitrogens with one attached hydrogen (secondary N) is 2. The first-order chi connectivity index (χ1) is 18.5. The summed E-state index contributed by atoms with van der Waals surface area (Å²) in [7, 11) is -4.62. The topological polar surface area (TPSA) is 144 Å². The van der Waals surface area contributed by atoms with Gasteiger partial charge in [0.1, 0.15) is 29.1 Å². The number of sulfonamides is 2. The lowest BCUT2D eigenvalue weighted by molar-refractivity contribution is -0.0312. The van der Waals surface area contributed by atoms with Crippen molar-refractivity contribution >= 4 is 31.6 Å². The summed E-state index contributed by atoms with van der Waals surface area (Å²) >= 11 is 6.05. The molecule has 2 saturated heterocycles. The van der Waals surface area contributed by atoms with E-state index < -0.39 is 31.8 Å². The first-order valence-corrected chi connectivity index (χ1v) is 15.8.